The first-order valence-corrected chi connectivity index (χ1v) is 5.72. The predicted octanol–water partition coefficient (Wildman–Crippen LogP) is 0.903. The summed E-state index contributed by atoms with van der Waals surface area (Å²) in [6, 6.07) is 0. The Kier molecular flexibility index (Phi) is 4.88. The van der Waals surface area contributed by atoms with Gasteiger partial charge in [0.1, 0.15) is 0 Å². The molecule has 0 aliphatic heterocycles. The number of hydrogen-bond acceptors (Lipinski definition) is 6. The zero-order chi connectivity index (χ0) is 13.1. The van der Waals surface area contributed by atoms with Gasteiger partial charge in [0.05, 0.1) is 5.60 Å². The first-order valence-electron chi connectivity index (χ1n) is 4.96. The fraction of sp³-hybridized carbons (Fsp3) is 0.667. The Morgan fingerprint density at radius 3 is 2.24 bits per heavy atom. The highest BCUT2D eigenvalue weighted by molar-refractivity contribution is 6.31. The lowest BCUT2D eigenvalue weighted by Crippen LogP contribution is -2.43. The Morgan fingerprint density at radius 2 is 1.76 bits per heavy atom. The van der Waals surface area contributed by atoms with E-state index in [1.807, 2.05) is 19.0 Å². The second kappa shape index (κ2) is 5.77. The summed E-state index contributed by atoms with van der Waals surface area (Å²) in [6.45, 7) is 2.50. The minimum atomic E-state index is -0.908. The maximum atomic E-state index is 10.0. The lowest BCUT2D eigenvalue weighted by atomic mass is 10.1. The molecule has 1 rings (SSSR count). The van der Waals surface area contributed by atoms with Gasteiger partial charge in [-0.1, -0.05) is 0 Å². The number of hydrogen-bond donors (Lipinski definition) is 2. The molecule has 0 aromatic carbocycles. The molecule has 1 atom stereocenters. The molecule has 2 N–H and O–H groups in total. The fourth-order valence-corrected chi connectivity index (χ4v) is 1.78. The number of aliphatic hydroxyl groups is 1. The normalized spacial score (nSPS) is 14.8. The van der Waals surface area contributed by atoms with Crippen molar-refractivity contribution in [1.29, 1.82) is 0 Å². The number of rotatable bonds is 5. The van der Waals surface area contributed by atoms with Gasteiger partial charge in [-0.05, 0) is 44.2 Å². The van der Waals surface area contributed by atoms with E-state index in [4.69, 9.17) is 23.2 Å². The van der Waals surface area contributed by atoms with Crippen molar-refractivity contribution in [2.45, 2.75) is 12.5 Å². The highest BCUT2D eigenvalue weighted by Gasteiger charge is 2.21. The SMILES string of the molecule is CN(C)CC(C)(O)CNc1nc(Cl)nc(Cl)n1. The molecule has 1 aromatic heterocycles. The largest absolute Gasteiger partial charge is 0.387 e. The summed E-state index contributed by atoms with van der Waals surface area (Å²) in [5, 5.41) is 12.9. The Hall–Kier alpha value is -0.690. The van der Waals surface area contributed by atoms with Gasteiger partial charge in [-0.2, -0.15) is 15.0 Å². The van der Waals surface area contributed by atoms with Crippen molar-refractivity contribution in [1.82, 2.24) is 19.9 Å². The third kappa shape index (κ3) is 5.45. The van der Waals surface area contributed by atoms with Gasteiger partial charge in [-0.25, -0.2) is 0 Å². The Bertz CT molecular complexity index is 365. The molecule has 0 saturated carbocycles. The molecule has 0 spiro atoms. The lowest BCUT2D eigenvalue weighted by molar-refractivity contribution is 0.0458. The molecule has 1 unspecified atom stereocenters. The van der Waals surface area contributed by atoms with Crippen molar-refractivity contribution in [3.63, 3.8) is 0 Å². The molecule has 1 heterocycles. The molecule has 0 aliphatic carbocycles. The summed E-state index contributed by atoms with van der Waals surface area (Å²) in [4.78, 5) is 13.2. The van der Waals surface area contributed by atoms with Crippen LogP contribution in [0.3, 0.4) is 0 Å². The van der Waals surface area contributed by atoms with E-state index >= 15 is 0 Å². The number of nitrogens with zero attached hydrogens (tertiary/aromatic N) is 4. The standard InChI is InChI=1S/C9H15Cl2N5O/c1-9(17,5-16(2)3)4-12-8-14-6(10)13-7(11)15-8/h17H,4-5H2,1-3H3,(H,12,13,14,15). The van der Waals surface area contributed by atoms with E-state index in [-0.39, 0.29) is 23.1 Å². The van der Waals surface area contributed by atoms with Gasteiger partial charge < -0.3 is 15.3 Å². The number of nitrogens with one attached hydrogen (secondary N) is 1. The monoisotopic (exact) mass is 279 g/mol. The van der Waals surface area contributed by atoms with Crippen molar-refractivity contribution >= 4 is 29.2 Å². The van der Waals surface area contributed by atoms with Crippen molar-refractivity contribution in [2.24, 2.45) is 0 Å². The quantitative estimate of drug-likeness (QED) is 0.835. The van der Waals surface area contributed by atoms with Crippen LogP contribution >= 0.6 is 23.2 Å². The molecule has 6 nitrogen and oxygen atoms in total. The second-order valence-electron chi connectivity index (χ2n) is 4.29. The van der Waals surface area contributed by atoms with Gasteiger partial charge in [0, 0.05) is 13.1 Å². The first-order chi connectivity index (χ1) is 7.78. The van der Waals surface area contributed by atoms with Gasteiger partial charge in [0.15, 0.2) is 0 Å². The maximum absolute atomic E-state index is 10.0. The summed E-state index contributed by atoms with van der Waals surface area (Å²) in [5.41, 5.74) is -0.908. The van der Waals surface area contributed by atoms with E-state index in [0.29, 0.717) is 6.54 Å². The number of aromatic nitrogens is 3. The van der Waals surface area contributed by atoms with Gasteiger partial charge in [-0.15, -0.1) is 0 Å². The molecular formula is C9H15Cl2N5O. The van der Waals surface area contributed by atoms with Crippen LogP contribution in [0.2, 0.25) is 10.6 Å². The molecule has 1 aromatic rings. The van der Waals surface area contributed by atoms with Crippen LogP contribution in [-0.4, -0.2) is 57.7 Å². The Morgan fingerprint density at radius 1 is 1.24 bits per heavy atom. The van der Waals surface area contributed by atoms with Crippen LogP contribution in [0.15, 0.2) is 0 Å². The second-order valence-corrected chi connectivity index (χ2v) is 4.96. The topological polar surface area (TPSA) is 74.2 Å². The summed E-state index contributed by atoms with van der Waals surface area (Å²) in [7, 11) is 3.76. The molecule has 8 heteroatoms. The Labute approximate surface area is 110 Å². The van der Waals surface area contributed by atoms with Crippen LogP contribution in [0.1, 0.15) is 6.92 Å². The van der Waals surface area contributed by atoms with Crippen LogP contribution in [0.5, 0.6) is 0 Å². The number of halogens is 2. The zero-order valence-corrected chi connectivity index (χ0v) is 11.4. The third-order valence-corrected chi connectivity index (χ3v) is 2.20. The fourth-order valence-electron chi connectivity index (χ4n) is 1.41. The molecule has 96 valence electrons. The van der Waals surface area contributed by atoms with Crippen LogP contribution in [0, 0.1) is 0 Å². The van der Waals surface area contributed by atoms with E-state index in [2.05, 4.69) is 20.3 Å². The van der Waals surface area contributed by atoms with E-state index in [1.54, 1.807) is 6.92 Å². The minimum Gasteiger partial charge on any atom is -0.387 e. The van der Waals surface area contributed by atoms with Crippen molar-refractivity contribution in [2.75, 3.05) is 32.5 Å². The van der Waals surface area contributed by atoms with E-state index in [0.717, 1.165) is 0 Å². The molecule has 0 aliphatic rings. The molecule has 0 radical (unpaired) electrons. The molecular weight excluding hydrogens is 265 g/mol. The molecule has 17 heavy (non-hydrogen) atoms. The molecule has 0 fully saturated rings. The van der Waals surface area contributed by atoms with Crippen molar-refractivity contribution < 1.29 is 5.11 Å². The highest BCUT2D eigenvalue weighted by atomic mass is 35.5. The summed E-state index contributed by atoms with van der Waals surface area (Å²) < 4.78 is 0. The molecule has 0 saturated heterocycles. The lowest BCUT2D eigenvalue weighted by Gasteiger charge is -2.26. The van der Waals surface area contributed by atoms with Crippen molar-refractivity contribution in [3.05, 3.63) is 10.6 Å². The maximum Gasteiger partial charge on any atom is 0.228 e. The van der Waals surface area contributed by atoms with E-state index < -0.39 is 5.60 Å². The average molecular weight is 280 g/mol. The average Bonchev–Trinajstić information content (AvgIpc) is 2.11. The predicted molar refractivity (Wildman–Crippen MR) is 67.5 cm³/mol. The minimum absolute atomic E-state index is 0.0137. The van der Waals surface area contributed by atoms with Crippen LogP contribution in [0.4, 0.5) is 5.95 Å². The highest BCUT2D eigenvalue weighted by Crippen LogP contribution is 2.11. The van der Waals surface area contributed by atoms with Crippen LogP contribution in [0.25, 0.3) is 0 Å². The summed E-state index contributed by atoms with van der Waals surface area (Å²) >= 11 is 11.3. The zero-order valence-electron chi connectivity index (χ0n) is 9.91. The van der Waals surface area contributed by atoms with E-state index in [1.165, 1.54) is 0 Å². The number of likely N-dealkylation sites (N-methyl/N-ethyl adjacent to an activating group) is 1. The smallest absolute Gasteiger partial charge is 0.228 e. The van der Waals surface area contributed by atoms with Gasteiger partial charge in [0.25, 0.3) is 0 Å². The van der Waals surface area contributed by atoms with Crippen molar-refractivity contribution in [3.8, 4) is 0 Å². The Balaban J connectivity index is 2.60. The third-order valence-electron chi connectivity index (χ3n) is 1.87. The summed E-state index contributed by atoms with van der Waals surface area (Å²) in [6.07, 6.45) is 0. The first kappa shape index (κ1) is 14.4. The van der Waals surface area contributed by atoms with Gasteiger partial charge in [-0.3, -0.25) is 0 Å². The molecule has 0 bridgehead atoms. The van der Waals surface area contributed by atoms with Gasteiger partial charge >= 0.3 is 0 Å². The van der Waals surface area contributed by atoms with Crippen LogP contribution < -0.4 is 5.32 Å². The molecule has 0 amide bonds. The number of anilines is 1. The van der Waals surface area contributed by atoms with E-state index in [9.17, 15) is 5.11 Å². The van der Waals surface area contributed by atoms with Crippen LogP contribution in [-0.2, 0) is 0 Å². The van der Waals surface area contributed by atoms with Gasteiger partial charge in [0.2, 0.25) is 16.5 Å². The summed E-state index contributed by atoms with van der Waals surface area (Å²) in [5.74, 6) is 0.244.